The van der Waals surface area contributed by atoms with Crippen LogP contribution in [0.3, 0.4) is 0 Å². The van der Waals surface area contributed by atoms with Gasteiger partial charge in [0, 0.05) is 19.9 Å². The lowest BCUT2D eigenvalue weighted by atomic mass is 9.88. The Morgan fingerprint density at radius 1 is 1.04 bits per heavy atom. The number of nitrogens with zero attached hydrogens (tertiary/aromatic N) is 1. The van der Waals surface area contributed by atoms with Crippen molar-refractivity contribution in [3.63, 3.8) is 0 Å². The first kappa shape index (κ1) is 41.6. The number of nitrogens with two attached hydrogens (primary N) is 1. The molecule has 0 saturated heterocycles. The second kappa shape index (κ2) is 17.8. The Morgan fingerprint density at radius 3 is 2.41 bits per heavy atom. The minimum Gasteiger partial charge on any atom is -0.490 e. The van der Waals surface area contributed by atoms with Gasteiger partial charge in [-0.3, -0.25) is 19.4 Å². The van der Waals surface area contributed by atoms with Crippen molar-refractivity contribution in [3.8, 4) is 11.5 Å². The largest absolute Gasteiger partial charge is 0.490 e. The SMILES string of the molecule is COC(=O)[C@@H]1CC=CCOc2ccc(cc2)C[C@H](NC(C)=O)C(=O)N[C@H](CCCN=C(N)NS(=O)(=O)c2c(C)c(C)c3c(c2C)CCC(C)(C)O3)C(=O)N1. The summed E-state index contributed by atoms with van der Waals surface area (Å²) in [5, 5.41) is 8.01. The number of hydrogen-bond acceptors (Lipinski definition) is 10. The lowest BCUT2D eigenvalue weighted by Gasteiger charge is -2.35. The van der Waals surface area contributed by atoms with Crippen molar-refractivity contribution in [1.29, 1.82) is 0 Å². The zero-order valence-electron chi connectivity index (χ0n) is 32.0. The van der Waals surface area contributed by atoms with Gasteiger partial charge in [0.05, 0.1) is 12.0 Å². The number of methoxy groups -OCH3 is 1. The number of carbonyl (C=O) groups excluding carboxylic acids is 4. The molecule has 2 bridgehead atoms. The maximum Gasteiger partial charge on any atom is 0.328 e. The van der Waals surface area contributed by atoms with Gasteiger partial charge in [0.2, 0.25) is 23.7 Å². The van der Waals surface area contributed by atoms with Crippen molar-refractivity contribution in [3.05, 3.63) is 64.2 Å². The standard InChI is InChI=1S/C38H52N6O9S/c1-22-23(2)33(24(3)28-17-18-38(5,6)53-32(22)28)54(49,50)44-37(39)40-19-10-12-29-34(46)43-30(36(48)51-7)11-8-9-20-52-27-15-13-26(14-16-27)21-31(35(47)42-29)41-25(4)45/h8-9,13-16,29-31H,10-12,17-21H2,1-7H3,(H,41,45)(H,42,47)(H,43,46)(H3,39,40,44)/t29-,30+,31+/m1/s1. The summed E-state index contributed by atoms with van der Waals surface area (Å²) < 4.78 is 46.6. The number of nitrogens with one attached hydrogen (secondary N) is 4. The summed E-state index contributed by atoms with van der Waals surface area (Å²) in [6.45, 7) is 10.8. The topological polar surface area (TPSA) is 217 Å². The lowest BCUT2D eigenvalue weighted by Crippen LogP contribution is -2.56. The molecule has 16 heteroatoms. The summed E-state index contributed by atoms with van der Waals surface area (Å²) in [7, 11) is -2.94. The Balaban J connectivity index is 1.53. The molecule has 3 atom stereocenters. The first-order valence-corrected chi connectivity index (χ1v) is 19.4. The normalized spacial score (nSPS) is 20.6. The molecule has 6 N–H and O–H groups in total. The highest BCUT2D eigenvalue weighted by Crippen LogP contribution is 2.42. The second-order valence-electron chi connectivity index (χ2n) is 14.2. The van der Waals surface area contributed by atoms with Crippen molar-refractivity contribution in [2.45, 2.75) is 109 Å². The molecule has 0 aliphatic carbocycles. The molecule has 0 saturated carbocycles. The number of fused-ring (bicyclic) bond motifs is 14. The Hall–Kier alpha value is -5.12. The van der Waals surface area contributed by atoms with Crippen LogP contribution in [0.25, 0.3) is 0 Å². The minimum atomic E-state index is -4.14. The fourth-order valence-corrected chi connectivity index (χ4v) is 8.02. The number of ether oxygens (including phenoxy) is 3. The number of guanidine groups is 1. The third-order valence-electron chi connectivity index (χ3n) is 9.48. The van der Waals surface area contributed by atoms with Gasteiger partial charge in [-0.2, -0.15) is 0 Å². The average molecular weight is 769 g/mol. The summed E-state index contributed by atoms with van der Waals surface area (Å²) in [5.74, 6) is -1.48. The monoisotopic (exact) mass is 768 g/mol. The molecular formula is C38H52N6O9S. The van der Waals surface area contributed by atoms with Crippen LogP contribution in [-0.4, -0.2) is 82.1 Å². The summed E-state index contributed by atoms with van der Waals surface area (Å²) in [6, 6.07) is 3.77. The van der Waals surface area contributed by atoms with E-state index in [0.29, 0.717) is 29.0 Å². The molecule has 2 aromatic rings. The Kier molecular flexibility index (Phi) is 13.7. The van der Waals surface area contributed by atoms with E-state index in [-0.39, 0.29) is 55.3 Å². The van der Waals surface area contributed by atoms with Crippen LogP contribution < -0.4 is 35.9 Å². The smallest absolute Gasteiger partial charge is 0.328 e. The minimum absolute atomic E-state index is 0.0112. The molecule has 0 radical (unpaired) electrons. The highest BCUT2D eigenvalue weighted by molar-refractivity contribution is 7.90. The van der Waals surface area contributed by atoms with Gasteiger partial charge in [0.15, 0.2) is 0 Å². The number of amides is 3. The van der Waals surface area contributed by atoms with E-state index in [1.54, 1.807) is 50.3 Å². The fraction of sp³-hybridized carbons (Fsp3) is 0.500. The molecule has 54 heavy (non-hydrogen) atoms. The molecule has 0 fully saturated rings. The van der Waals surface area contributed by atoms with Crippen LogP contribution in [0.4, 0.5) is 0 Å². The second-order valence-corrected chi connectivity index (χ2v) is 15.8. The molecule has 0 spiro atoms. The van der Waals surface area contributed by atoms with Gasteiger partial charge in [-0.25, -0.2) is 17.9 Å². The number of sulfonamides is 1. The molecule has 3 amide bonds. The van der Waals surface area contributed by atoms with Crippen LogP contribution in [0.1, 0.15) is 74.3 Å². The number of rotatable bonds is 8. The summed E-state index contributed by atoms with van der Waals surface area (Å²) >= 11 is 0. The van der Waals surface area contributed by atoms with E-state index in [9.17, 15) is 27.6 Å². The molecule has 3 heterocycles. The lowest BCUT2D eigenvalue weighted by molar-refractivity contribution is -0.145. The zero-order chi connectivity index (χ0) is 39.8. The average Bonchev–Trinajstić information content (AvgIpc) is 3.10. The summed E-state index contributed by atoms with van der Waals surface area (Å²) in [4.78, 5) is 56.2. The molecule has 3 aliphatic heterocycles. The quantitative estimate of drug-likeness (QED) is 0.0869. The van der Waals surface area contributed by atoms with Gasteiger partial charge in [0.25, 0.3) is 10.0 Å². The summed E-state index contributed by atoms with van der Waals surface area (Å²) in [5.41, 5.74) is 9.17. The van der Waals surface area contributed by atoms with Gasteiger partial charge >= 0.3 is 5.97 Å². The van der Waals surface area contributed by atoms with Crippen LogP contribution >= 0.6 is 0 Å². The highest BCUT2D eigenvalue weighted by atomic mass is 32.2. The number of aliphatic imine (C=N–C) groups is 1. The van der Waals surface area contributed by atoms with Crippen molar-refractivity contribution < 1.29 is 41.8 Å². The molecule has 5 rings (SSSR count). The number of benzene rings is 2. The van der Waals surface area contributed by atoms with Crippen LogP contribution in [0.15, 0.2) is 46.3 Å². The highest BCUT2D eigenvalue weighted by Gasteiger charge is 2.34. The Morgan fingerprint density at radius 2 is 1.74 bits per heavy atom. The van der Waals surface area contributed by atoms with E-state index in [4.69, 9.17) is 19.9 Å². The summed E-state index contributed by atoms with van der Waals surface area (Å²) in [6.07, 6.45) is 5.20. The van der Waals surface area contributed by atoms with Crippen LogP contribution in [-0.2, 0) is 46.8 Å². The third-order valence-corrected chi connectivity index (χ3v) is 11.1. The Labute approximate surface area is 316 Å². The maximum atomic E-state index is 13.7. The van der Waals surface area contributed by atoms with E-state index < -0.39 is 51.8 Å². The van der Waals surface area contributed by atoms with Crippen molar-refractivity contribution >= 4 is 39.7 Å². The first-order chi connectivity index (χ1) is 25.4. The number of esters is 1. The van der Waals surface area contributed by atoms with Crippen LogP contribution in [0.2, 0.25) is 0 Å². The van der Waals surface area contributed by atoms with Crippen LogP contribution in [0, 0.1) is 20.8 Å². The van der Waals surface area contributed by atoms with Crippen molar-refractivity contribution in [2.75, 3.05) is 20.3 Å². The molecule has 3 aliphatic rings. The number of carbonyl (C=O) groups is 4. The Bertz CT molecular complexity index is 1910. The predicted octanol–water partition coefficient (Wildman–Crippen LogP) is 2.32. The van der Waals surface area contributed by atoms with Gasteiger partial charge in [0.1, 0.15) is 41.8 Å². The molecular weight excluding hydrogens is 717 g/mol. The van der Waals surface area contributed by atoms with E-state index in [1.165, 1.54) is 14.0 Å². The van der Waals surface area contributed by atoms with Crippen LogP contribution in [0.5, 0.6) is 11.5 Å². The fourth-order valence-electron chi connectivity index (χ4n) is 6.49. The predicted molar refractivity (Wildman–Crippen MR) is 203 cm³/mol. The van der Waals surface area contributed by atoms with Crippen molar-refractivity contribution in [1.82, 2.24) is 20.7 Å². The van der Waals surface area contributed by atoms with E-state index in [0.717, 1.165) is 23.1 Å². The molecule has 294 valence electrons. The first-order valence-electron chi connectivity index (χ1n) is 17.9. The molecule has 2 aromatic carbocycles. The van der Waals surface area contributed by atoms with Gasteiger partial charge in [-0.05, 0) is 107 Å². The molecule has 0 unspecified atom stereocenters. The van der Waals surface area contributed by atoms with Crippen molar-refractivity contribution in [2.24, 2.45) is 10.7 Å². The zero-order valence-corrected chi connectivity index (χ0v) is 32.8. The van der Waals surface area contributed by atoms with Gasteiger partial charge < -0.3 is 35.9 Å². The van der Waals surface area contributed by atoms with E-state index >= 15 is 0 Å². The van der Waals surface area contributed by atoms with Gasteiger partial charge in [-0.1, -0.05) is 24.3 Å². The third kappa shape index (κ3) is 10.7. The number of hydrogen-bond donors (Lipinski definition) is 5. The molecule has 15 nitrogen and oxygen atoms in total. The molecule has 0 aromatic heterocycles. The van der Waals surface area contributed by atoms with E-state index in [2.05, 4.69) is 25.7 Å². The van der Waals surface area contributed by atoms with Gasteiger partial charge in [-0.15, -0.1) is 0 Å². The maximum absolute atomic E-state index is 13.7. The van der Waals surface area contributed by atoms with E-state index in [1.807, 2.05) is 20.8 Å².